The maximum atomic E-state index is 12.0. The number of H-pyrrole nitrogens is 1. The SMILES string of the molecule is CS(=O)(=O)N1CCN(c2nc3ccccc3c(=O)[nH]2)CC1. The number of rotatable bonds is 2. The molecule has 0 aliphatic carbocycles. The Morgan fingerprint density at radius 1 is 1.14 bits per heavy atom. The van der Waals surface area contributed by atoms with Crippen LogP contribution in [-0.2, 0) is 10.0 Å². The Balaban J connectivity index is 1.88. The number of aromatic nitrogens is 2. The van der Waals surface area contributed by atoms with Crippen molar-refractivity contribution in [1.82, 2.24) is 14.3 Å². The first-order valence-electron chi connectivity index (χ1n) is 6.64. The first kappa shape index (κ1) is 14.0. The Bertz CT molecular complexity index is 823. The van der Waals surface area contributed by atoms with Gasteiger partial charge in [0, 0.05) is 26.2 Å². The Kier molecular flexibility index (Phi) is 3.42. The van der Waals surface area contributed by atoms with Gasteiger partial charge < -0.3 is 4.90 Å². The van der Waals surface area contributed by atoms with Gasteiger partial charge in [0.25, 0.3) is 5.56 Å². The highest BCUT2D eigenvalue weighted by Gasteiger charge is 2.24. The van der Waals surface area contributed by atoms with Gasteiger partial charge in [0.1, 0.15) is 0 Å². The molecule has 0 bridgehead atoms. The normalized spacial score (nSPS) is 17.3. The van der Waals surface area contributed by atoms with Crippen LogP contribution in [0.2, 0.25) is 0 Å². The fourth-order valence-corrected chi connectivity index (χ4v) is 3.28. The molecule has 7 nitrogen and oxygen atoms in total. The summed E-state index contributed by atoms with van der Waals surface area (Å²) in [7, 11) is -3.16. The van der Waals surface area contributed by atoms with Crippen LogP contribution in [0.5, 0.6) is 0 Å². The zero-order valence-electron chi connectivity index (χ0n) is 11.6. The molecule has 1 aromatic heterocycles. The van der Waals surface area contributed by atoms with E-state index in [2.05, 4.69) is 9.97 Å². The molecular formula is C13H16N4O3S. The average Bonchev–Trinajstić information content (AvgIpc) is 2.46. The summed E-state index contributed by atoms with van der Waals surface area (Å²) in [5.74, 6) is 0.492. The third-order valence-corrected chi connectivity index (χ3v) is 4.91. The van der Waals surface area contributed by atoms with Crippen molar-refractivity contribution in [2.45, 2.75) is 0 Å². The minimum atomic E-state index is -3.16. The van der Waals surface area contributed by atoms with Crippen LogP contribution in [-0.4, -0.2) is 55.1 Å². The molecule has 1 aliphatic heterocycles. The number of para-hydroxylation sites is 1. The molecular weight excluding hydrogens is 292 g/mol. The molecule has 21 heavy (non-hydrogen) atoms. The van der Waals surface area contributed by atoms with Crippen molar-refractivity contribution in [1.29, 1.82) is 0 Å². The zero-order valence-corrected chi connectivity index (χ0v) is 12.4. The smallest absolute Gasteiger partial charge is 0.260 e. The van der Waals surface area contributed by atoms with Crippen LogP contribution in [0.25, 0.3) is 10.9 Å². The number of anilines is 1. The maximum Gasteiger partial charge on any atom is 0.260 e. The van der Waals surface area contributed by atoms with Gasteiger partial charge in [-0.2, -0.15) is 4.31 Å². The van der Waals surface area contributed by atoms with Gasteiger partial charge in [0.15, 0.2) is 0 Å². The Morgan fingerprint density at radius 3 is 2.48 bits per heavy atom. The second-order valence-corrected chi connectivity index (χ2v) is 7.04. The lowest BCUT2D eigenvalue weighted by Gasteiger charge is -2.33. The molecule has 1 aromatic carbocycles. The van der Waals surface area contributed by atoms with Gasteiger partial charge in [0.05, 0.1) is 17.2 Å². The van der Waals surface area contributed by atoms with E-state index >= 15 is 0 Å². The number of hydrogen-bond donors (Lipinski definition) is 1. The molecule has 0 unspecified atom stereocenters. The molecule has 1 saturated heterocycles. The quantitative estimate of drug-likeness (QED) is 0.844. The molecule has 2 heterocycles. The standard InChI is InChI=1S/C13H16N4O3S/c1-21(19,20)17-8-6-16(7-9-17)13-14-11-5-3-2-4-10(11)12(18)15-13/h2-5H,6-9H2,1H3,(H,14,15,18). The topological polar surface area (TPSA) is 86.4 Å². The zero-order chi connectivity index (χ0) is 15.0. The van der Waals surface area contributed by atoms with Crippen molar-refractivity contribution in [2.75, 3.05) is 37.3 Å². The predicted molar refractivity (Wildman–Crippen MR) is 81.0 cm³/mol. The molecule has 0 radical (unpaired) electrons. The molecule has 1 N–H and O–H groups in total. The molecule has 0 spiro atoms. The summed E-state index contributed by atoms with van der Waals surface area (Å²) in [6.45, 7) is 1.81. The summed E-state index contributed by atoms with van der Waals surface area (Å²) in [4.78, 5) is 21.1. The molecule has 1 fully saturated rings. The third kappa shape index (κ3) is 2.77. The van der Waals surface area contributed by atoms with Crippen molar-refractivity contribution >= 4 is 26.9 Å². The van der Waals surface area contributed by atoms with Gasteiger partial charge in [-0.15, -0.1) is 0 Å². The van der Waals surface area contributed by atoms with E-state index < -0.39 is 10.0 Å². The number of aromatic amines is 1. The summed E-state index contributed by atoms with van der Waals surface area (Å²) in [5.41, 5.74) is 0.461. The third-order valence-electron chi connectivity index (χ3n) is 3.61. The monoisotopic (exact) mass is 308 g/mol. The van der Waals surface area contributed by atoms with E-state index in [9.17, 15) is 13.2 Å². The van der Waals surface area contributed by atoms with E-state index in [1.165, 1.54) is 10.6 Å². The second kappa shape index (κ2) is 5.12. The van der Waals surface area contributed by atoms with Gasteiger partial charge in [0.2, 0.25) is 16.0 Å². The van der Waals surface area contributed by atoms with Gasteiger partial charge >= 0.3 is 0 Å². The van der Waals surface area contributed by atoms with E-state index in [-0.39, 0.29) is 5.56 Å². The van der Waals surface area contributed by atoms with Crippen LogP contribution in [0, 0.1) is 0 Å². The number of fused-ring (bicyclic) bond motifs is 1. The van der Waals surface area contributed by atoms with Crippen molar-refractivity contribution in [3.05, 3.63) is 34.6 Å². The highest BCUT2D eigenvalue weighted by Crippen LogP contribution is 2.14. The lowest BCUT2D eigenvalue weighted by Crippen LogP contribution is -2.49. The summed E-state index contributed by atoms with van der Waals surface area (Å²) < 4.78 is 24.4. The lowest BCUT2D eigenvalue weighted by atomic mass is 10.2. The van der Waals surface area contributed by atoms with E-state index in [1.54, 1.807) is 18.2 Å². The molecule has 112 valence electrons. The fraction of sp³-hybridized carbons (Fsp3) is 0.385. The minimum Gasteiger partial charge on any atom is -0.340 e. The summed E-state index contributed by atoms with van der Waals surface area (Å²) in [6, 6.07) is 7.15. The van der Waals surface area contributed by atoms with Crippen molar-refractivity contribution in [3.8, 4) is 0 Å². The number of nitrogens with one attached hydrogen (secondary N) is 1. The number of sulfonamides is 1. The van der Waals surface area contributed by atoms with Crippen LogP contribution in [0.15, 0.2) is 29.1 Å². The Morgan fingerprint density at radius 2 is 1.81 bits per heavy atom. The Hall–Kier alpha value is -1.93. The van der Waals surface area contributed by atoms with Gasteiger partial charge in [-0.1, -0.05) is 12.1 Å². The van der Waals surface area contributed by atoms with Crippen LogP contribution in [0.3, 0.4) is 0 Å². The number of piperazine rings is 1. The first-order chi connectivity index (χ1) is 9.95. The van der Waals surface area contributed by atoms with Crippen LogP contribution in [0.4, 0.5) is 5.95 Å². The molecule has 0 amide bonds. The largest absolute Gasteiger partial charge is 0.340 e. The van der Waals surface area contributed by atoms with Gasteiger partial charge in [-0.3, -0.25) is 9.78 Å². The highest BCUT2D eigenvalue weighted by molar-refractivity contribution is 7.88. The fourth-order valence-electron chi connectivity index (χ4n) is 2.46. The number of nitrogens with zero attached hydrogens (tertiary/aromatic N) is 3. The van der Waals surface area contributed by atoms with E-state index in [1.807, 2.05) is 11.0 Å². The second-order valence-electron chi connectivity index (χ2n) is 5.06. The van der Waals surface area contributed by atoms with Gasteiger partial charge in [-0.25, -0.2) is 13.4 Å². The molecule has 3 rings (SSSR count). The molecule has 1 aliphatic rings. The van der Waals surface area contributed by atoms with E-state index in [0.717, 1.165) is 0 Å². The van der Waals surface area contributed by atoms with Gasteiger partial charge in [-0.05, 0) is 12.1 Å². The lowest BCUT2D eigenvalue weighted by molar-refractivity contribution is 0.385. The minimum absolute atomic E-state index is 0.179. The number of benzene rings is 1. The highest BCUT2D eigenvalue weighted by atomic mass is 32.2. The summed E-state index contributed by atoms with van der Waals surface area (Å²) in [5, 5.41) is 0.552. The first-order valence-corrected chi connectivity index (χ1v) is 8.49. The van der Waals surface area contributed by atoms with Crippen molar-refractivity contribution < 1.29 is 8.42 Å². The van der Waals surface area contributed by atoms with Crippen LogP contribution in [0.1, 0.15) is 0 Å². The summed E-state index contributed by atoms with van der Waals surface area (Å²) >= 11 is 0. The Labute approximate surface area is 122 Å². The summed E-state index contributed by atoms with van der Waals surface area (Å²) in [6.07, 6.45) is 1.21. The van der Waals surface area contributed by atoms with Crippen LogP contribution < -0.4 is 10.5 Å². The van der Waals surface area contributed by atoms with Crippen LogP contribution >= 0.6 is 0 Å². The molecule has 0 atom stereocenters. The molecule has 0 saturated carbocycles. The number of hydrogen-bond acceptors (Lipinski definition) is 5. The van der Waals surface area contributed by atoms with E-state index in [4.69, 9.17) is 0 Å². The van der Waals surface area contributed by atoms with Crippen molar-refractivity contribution in [2.24, 2.45) is 0 Å². The maximum absolute atomic E-state index is 12.0. The molecule has 2 aromatic rings. The predicted octanol–water partition coefficient (Wildman–Crippen LogP) is 0.00470. The van der Waals surface area contributed by atoms with Crippen molar-refractivity contribution in [3.63, 3.8) is 0 Å². The average molecular weight is 308 g/mol. The van der Waals surface area contributed by atoms with E-state index in [0.29, 0.717) is 43.0 Å². The molecule has 8 heteroatoms.